The number of hydrogen-bond donors (Lipinski definition) is 1. The molecule has 0 unspecified atom stereocenters. The molecule has 0 heterocycles. The molecule has 1 aromatic carbocycles. The van der Waals surface area contributed by atoms with Crippen molar-refractivity contribution in [2.45, 2.75) is 20.8 Å². The second kappa shape index (κ2) is 4.19. The second-order valence-electron chi connectivity index (χ2n) is 4.33. The van der Waals surface area contributed by atoms with Gasteiger partial charge in [0, 0.05) is 10.4 Å². The van der Waals surface area contributed by atoms with Gasteiger partial charge < -0.3 is 5.32 Å². The first-order valence-corrected chi connectivity index (χ1v) is 4.95. The number of rotatable bonds is 1. The number of carbonyl (C=O) groups is 1. The molecule has 82 valence electrons. The van der Waals surface area contributed by atoms with Crippen molar-refractivity contribution in [3.63, 3.8) is 0 Å². The molecule has 15 heavy (non-hydrogen) atoms. The van der Waals surface area contributed by atoms with Gasteiger partial charge in [-0.2, -0.15) is 0 Å². The van der Waals surface area contributed by atoms with Crippen molar-refractivity contribution in [2.75, 3.05) is 5.32 Å². The van der Waals surface area contributed by atoms with E-state index in [2.05, 4.69) is 5.32 Å². The van der Waals surface area contributed by atoms with E-state index in [9.17, 15) is 9.18 Å². The first kappa shape index (κ1) is 12.0. The Morgan fingerprint density at radius 3 is 2.53 bits per heavy atom. The van der Waals surface area contributed by atoms with E-state index in [-0.39, 0.29) is 11.6 Å². The van der Waals surface area contributed by atoms with Gasteiger partial charge in [-0.1, -0.05) is 32.4 Å². The average molecular weight is 230 g/mol. The molecule has 0 spiro atoms. The Balaban J connectivity index is 2.90. The van der Waals surface area contributed by atoms with E-state index in [1.165, 1.54) is 18.2 Å². The van der Waals surface area contributed by atoms with Crippen LogP contribution in [0.5, 0.6) is 0 Å². The van der Waals surface area contributed by atoms with Gasteiger partial charge in [-0.05, 0) is 18.2 Å². The predicted molar refractivity (Wildman–Crippen MR) is 59.5 cm³/mol. The summed E-state index contributed by atoms with van der Waals surface area (Å²) in [6, 6.07) is 4.05. The fourth-order valence-corrected chi connectivity index (χ4v) is 1.08. The quantitative estimate of drug-likeness (QED) is 0.785. The predicted octanol–water partition coefficient (Wildman–Crippen LogP) is 3.46. The number of amides is 1. The van der Waals surface area contributed by atoms with E-state index >= 15 is 0 Å². The lowest BCUT2D eigenvalue weighted by molar-refractivity contribution is -0.123. The van der Waals surface area contributed by atoms with Crippen molar-refractivity contribution in [3.8, 4) is 0 Å². The van der Waals surface area contributed by atoms with Crippen LogP contribution in [0, 0.1) is 11.2 Å². The SMILES string of the molecule is CC(C)(C)C(=O)Nc1cc(Cl)ccc1F. The van der Waals surface area contributed by atoms with Crippen molar-refractivity contribution < 1.29 is 9.18 Å². The number of benzene rings is 1. The minimum atomic E-state index is -0.561. The van der Waals surface area contributed by atoms with Gasteiger partial charge in [0.15, 0.2) is 0 Å². The molecular formula is C11H13ClFNO. The van der Waals surface area contributed by atoms with Gasteiger partial charge in [0.05, 0.1) is 5.69 Å². The molecule has 1 aromatic rings. The van der Waals surface area contributed by atoms with Gasteiger partial charge in [0.2, 0.25) is 5.91 Å². The van der Waals surface area contributed by atoms with E-state index in [4.69, 9.17) is 11.6 Å². The summed E-state index contributed by atoms with van der Waals surface area (Å²) in [5.74, 6) is -0.735. The van der Waals surface area contributed by atoms with E-state index in [0.717, 1.165) is 0 Å². The maximum absolute atomic E-state index is 13.2. The number of anilines is 1. The van der Waals surface area contributed by atoms with Crippen LogP contribution in [0.4, 0.5) is 10.1 Å². The topological polar surface area (TPSA) is 29.1 Å². The highest BCUT2D eigenvalue weighted by Crippen LogP contribution is 2.22. The summed E-state index contributed by atoms with van der Waals surface area (Å²) in [5, 5.41) is 2.88. The fourth-order valence-electron chi connectivity index (χ4n) is 0.903. The van der Waals surface area contributed by atoms with Crippen molar-refractivity contribution in [3.05, 3.63) is 29.0 Å². The maximum Gasteiger partial charge on any atom is 0.229 e. The Morgan fingerprint density at radius 1 is 1.40 bits per heavy atom. The van der Waals surface area contributed by atoms with Gasteiger partial charge in [-0.15, -0.1) is 0 Å². The normalized spacial score (nSPS) is 11.3. The highest BCUT2D eigenvalue weighted by molar-refractivity contribution is 6.30. The second-order valence-corrected chi connectivity index (χ2v) is 4.76. The van der Waals surface area contributed by atoms with Crippen LogP contribution in [0.15, 0.2) is 18.2 Å². The smallest absolute Gasteiger partial charge is 0.229 e. The Bertz CT molecular complexity index is 385. The minimum Gasteiger partial charge on any atom is -0.323 e. The van der Waals surface area contributed by atoms with Crippen molar-refractivity contribution in [1.29, 1.82) is 0 Å². The highest BCUT2D eigenvalue weighted by Gasteiger charge is 2.22. The third-order valence-corrected chi connectivity index (χ3v) is 2.09. The number of nitrogens with one attached hydrogen (secondary N) is 1. The molecule has 1 rings (SSSR count). The van der Waals surface area contributed by atoms with E-state index in [1.807, 2.05) is 0 Å². The van der Waals surface area contributed by atoms with E-state index in [1.54, 1.807) is 20.8 Å². The van der Waals surface area contributed by atoms with Gasteiger partial charge in [0.1, 0.15) is 5.82 Å². The standard InChI is InChI=1S/C11H13ClFNO/c1-11(2,3)10(15)14-9-6-7(12)4-5-8(9)13/h4-6H,1-3H3,(H,14,15). The Morgan fingerprint density at radius 2 is 2.00 bits per heavy atom. The van der Waals surface area contributed by atoms with Gasteiger partial charge in [0.25, 0.3) is 0 Å². The van der Waals surface area contributed by atoms with Crippen LogP contribution in [-0.2, 0) is 4.79 Å². The van der Waals surface area contributed by atoms with Crippen LogP contribution in [0.3, 0.4) is 0 Å². The molecule has 2 nitrogen and oxygen atoms in total. The molecule has 4 heteroatoms. The summed E-state index contributed by atoms with van der Waals surface area (Å²) in [7, 11) is 0. The Kier molecular flexibility index (Phi) is 3.35. The van der Waals surface area contributed by atoms with Crippen LogP contribution in [-0.4, -0.2) is 5.91 Å². The first-order valence-electron chi connectivity index (χ1n) is 4.57. The van der Waals surface area contributed by atoms with Gasteiger partial charge in [-0.3, -0.25) is 4.79 Å². The highest BCUT2D eigenvalue weighted by atomic mass is 35.5. The summed E-state index contributed by atoms with van der Waals surface area (Å²) in [6.45, 7) is 5.26. The number of hydrogen-bond acceptors (Lipinski definition) is 1. The molecule has 1 N–H and O–H groups in total. The van der Waals surface area contributed by atoms with Crippen LogP contribution < -0.4 is 5.32 Å². The Labute approximate surface area is 93.4 Å². The van der Waals surface area contributed by atoms with Crippen molar-refractivity contribution in [1.82, 2.24) is 0 Å². The average Bonchev–Trinajstić information content (AvgIpc) is 2.09. The largest absolute Gasteiger partial charge is 0.323 e. The monoisotopic (exact) mass is 229 g/mol. The number of halogens is 2. The molecule has 0 saturated carbocycles. The summed E-state index contributed by atoms with van der Waals surface area (Å²) in [5.41, 5.74) is -0.447. The zero-order chi connectivity index (χ0) is 11.6. The first-order chi connectivity index (χ1) is 6.80. The molecule has 0 aliphatic rings. The maximum atomic E-state index is 13.2. The lowest BCUT2D eigenvalue weighted by Gasteiger charge is -2.17. The molecule has 0 atom stereocenters. The van der Waals surface area contributed by atoms with E-state index < -0.39 is 11.2 Å². The molecule has 0 aliphatic carbocycles. The van der Waals surface area contributed by atoms with Crippen LogP contribution in [0.25, 0.3) is 0 Å². The molecule has 0 radical (unpaired) electrons. The minimum absolute atomic E-state index is 0.113. The van der Waals surface area contributed by atoms with Crippen LogP contribution in [0.2, 0.25) is 5.02 Å². The molecule has 0 fully saturated rings. The molecule has 0 aromatic heterocycles. The summed E-state index contributed by atoms with van der Waals surface area (Å²) in [6.07, 6.45) is 0. The molecule has 0 aliphatic heterocycles. The molecule has 0 saturated heterocycles. The van der Waals surface area contributed by atoms with Crippen molar-refractivity contribution in [2.24, 2.45) is 5.41 Å². The number of carbonyl (C=O) groups excluding carboxylic acids is 1. The summed E-state index contributed by atoms with van der Waals surface area (Å²) >= 11 is 5.70. The van der Waals surface area contributed by atoms with Gasteiger partial charge >= 0.3 is 0 Å². The zero-order valence-corrected chi connectivity index (χ0v) is 9.65. The zero-order valence-electron chi connectivity index (χ0n) is 8.90. The van der Waals surface area contributed by atoms with Crippen LogP contribution in [0.1, 0.15) is 20.8 Å². The molecular weight excluding hydrogens is 217 g/mol. The third-order valence-electron chi connectivity index (χ3n) is 1.86. The van der Waals surface area contributed by atoms with Crippen molar-refractivity contribution >= 4 is 23.2 Å². The lowest BCUT2D eigenvalue weighted by Crippen LogP contribution is -2.28. The fraction of sp³-hybridized carbons (Fsp3) is 0.364. The van der Waals surface area contributed by atoms with Gasteiger partial charge in [-0.25, -0.2) is 4.39 Å². The Hall–Kier alpha value is -1.09. The van der Waals surface area contributed by atoms with E-state index in [0.29, 0.717) is 5.02 Å². The summed E-state index contributed by atoms with van der Waals surface area (Å²) in [4.78, 5) is 11.6. The van der Waals surface area contributed by atoms with Crippen LogP contribution >= 0.6 is 11.6 Å². The lowest BCUT2D eigenvalue weighted by atomic mass is 9.95. The summed E-state index contributed by atoms with van der Waals surface area (Å²) < 4.78 is 13.2. The third kappa shape index (κ3) is 3.20. The molecule has 0 bridgehead atoms. The molecule has 1 amide bonds.